The largest absolute Gasteiger partial charge is 0.443 e. The van der Waals surface area contributed by atoms with Crippen molar-refractivity contribution in [3.05, 3.63) is 0 Å². The van der Waals surface area contributed by atoms with Gasteiger partial charge in [0, 0.05) is 0 Å². The molecular formula is C6H12F2O11P2. The van der Waals surface area contributed by atoms with E-state index in [2.05, 4.69) is 9.26 Å². The van der Waals surface area contributed by atoms with E-state index in [0.717, 1.165) is 0 Å². The van der Waals surface area contributed by atoms with Gasteiger partial charge in [0.2, 0.25) is 0 Å². The Labute approximate surface area is 115 Å². The summed E-state index contributed by atoms with van der Waals surface area (Å²) < 4.78 is 55.9. The Balaban J connectivity index is 3.10. The van der Waals surface area contributed by atoms with Gasteiger partial charge in [0.1, 0.15) is 12.2 Å². The van der Waals surface area contributed by atoms with Gasteiger partial charge in [-0.05, 0) is 0 Å². The molecule has 0 spiro atoms. The molecule has 1 saturated heterocycles. The molecule has 0 aromatic heterocycles. The third kappa shape index (κ3) is 3.19. The van der Waals surface area contributed by atoms with Crippen LogP contribution in [0.15, 0.2) is 0 Å². The lowest BCUT2D eigenvalue weighted by atomic mass is 10.1. The Hall–Kier alpha value is -0.0400. The van der Waals surface area contributed by atoms with Crippen LogP contribution in [0.4, 0.5) is 8.78 Å². The lowest BCUT2D eigenvalue weighted by molar-refractivity contribution is -0.342. The number of alkyl halides is 2. The maximum atomic E-state index is 13.2. The highest BCUT2D eigenvalue weighted by atomic mass is 31.2. The van der Waals surface area contributed by atoms with Crippen LogP contribution in [0.3, 0.4) is 0 Å². The molecule has 5 atom stereocenters. The van der Waals surface area contributed by atoms with Crippen molar-refractivity contribution in [2.75, 3.05) is 6.61 Å². The minimum Gasteiger partial charge on any atom is -0.394 e. The van der Waals surface area contributed by atoms with Gasteiger partial charge >= 0.3 is 26.6 Å². The molecule has 0 aromatic rings. The Morgan fingerprint density at radius 2 is 1.71 bits per heavy atom. The minimum atomic E-state index is -6.56. The molecule has 0 bridgehead atoms. The third-order valence-corrected chi connectivity index (χ3v) is 5.95. The fourth-order valence-electron chi connectivity index (χ4n) is 1.39. The highest BCUT2D eigenvalue weighted by Gasteiger charge is 2.69. The van der Waals surface area contributed by atoms with E-state index in [1.54, 1.807) is 0 Å². The first-order valence-electron chi connectivity index (χ1n) is 5.04. The molecule has 7 N–H and O–H groups in total. The molecule has 1 rings (SSSR count). The molecule has 1 fully saturated rings. The molecule has 1 aliphatic rings. The number of halogens is 2. The predicted molar refractivity (Wildman–Crippen MR) is 56.8 cm³/mol. The number of rotatable bonds is 5. The van der Waals surface area contributed by atoms with E-state index in [1.807, 2.05) is 0 Å². The van der Waals surface area contributed by atoms with Gasteiger partial charge in [0.15, 0.2) is 6.10 Å². The summed E-state index contributed by atoms with van der Waals surface area (Å²) >= 11 is 0. The molecule has 2 unspecified atom stereocenters. The topological polar surface area (TPSA) is 194 Å². The summed E-state index contributed by atoms with van der Waals surface area (Å²) in [5.74, 6) is -3.68. The number of hydrogen-bond acceptors (Lipinski definition) is 8. The van der Waals surface area contributed by atoms with Crippen LogP contribution in [0.25, 0.3) is 0 Å². The molecule has 0 radical (unpaired) electrons. The number of aliphatic hydroxyl groups excluding tert-OH is 3. The monoisotopic (exact) mass is 360 g/mol. The van der Waals surface area contributed by atoms with Gasteiger partial charge in [-0.2, -0.15) is 8.78 Å². The van der Waals surface area contributed by atoms with E-state index < -0.39 is 51.5 Å². The van der Waals surface area contributed by atoms with Crippen molar-refractivity contribution in [2.45, 2.75) is 29.7 Å². The van der Waals surface area contributed by atoms with Crippen LogP contribution in [0, 0.1) is 0 Å². The molecule has 0 saturated carbocycles. The van der Waals surface area contributed by atoms with E-state index >= 15 is 0 Å². The SMILES string of the molecule is O=P(O)(O)C(F)(F)P(=O)(O)OC1(O)O[C@H](CO)[C@@H](O)[C@H]1O. The smallest absolute Gasteiger partial charge is 0.394 e. The number of hydrogen-bond donors (Lipinski definition) is 7. The minimum absolute atomic E-state index is 1.03. The molecule has 0 aromatic carbocycles. The first kappa shape index (κ1) is 19.0. The predicted octanol–water partition coefficient (Wildman–Crippen LogP) is -2.32. The molecular weight excluding hydrogens is 348 g/mol. The van der Waals surface area contributed by atoms with Crippen molar-refractivity contribution in [3.63, 3.8) is 0 Å². The molecule has 21 heavy (non-hydrogen) atoms. The quantitative estimate of drug-likeness (QED) is 0.205. The van der Waals surface area contributed by atoms with Crippen LogP contribution in [0.1, 0.15) is 0 Å². The van der Waals surface area contributed by atoms with E-state index in [-0.39, 0.29) is 0 Å². The van der Waals surface area contributed by atoms with Crippen LogP contribution in [-0.2, 0) is 18.4 Å². The van der Waals surface area contributed by atoms with Crippen LogP contribution < -0.4 is 0 Å². The standard InChI is InChI=1S/C6H12F2O11P2/c7-6(8,20(13,14)15)21(16,17)19-5(12)4(11)3(10)2(1-9)18-5/h2-4,9-12H,1H2,(H,16,17)(H2,13,14,15)/t2-,3-,4-,5?/m1/s1. The van der Waals surface area contributed by atoms with E-state index in [1.165, 1.54) is 0 Å². The van der Waals surface area contributed by atoms with Gasteiger partial charge in [-0.15, -0.1) is 0 Å². The zero-order valence-corrected chi connectivity index (χ0v) is 11.6. The maximum absolute atomic E-state index is 13.2. The van der Waals surface area contributed by atoms with E-state index in [9.17, 15) is 33.2 Å². The summed E-state index contributed by atoms with van der Waals surface area (Å²) in [5, 5.41) is 31.2. The first-order chi connectivity index (χ1) is 9.19. The zero-order valence-electron chi connectivity index (χ0n) is 9.85. The average molecular weight is 360 g/mol. The van der Waals surface area contributed by atoms with Crippen molar-refractivity contribution in [2.24, 2.45) is 0 Å². The Bertz CT molecular complexity index is 493. The van der Waals surface area contributed by atoms with E-state index in [0.29, 0.717) is 0 Å². The van der Waals surface area contributed by atoms with E-state index in [4.69, 9.17) is 19.8 Å². The highest BCUT2D eigenvalue weighted by Crippen LogP contribution is 2.74. The number of ether oxygens (including phenoxy) is 1. The fourth-order valence-corrected chi connectivity index (χ4v) is 3.45. The van der Waals surface area contributed by atoms with Crippen LogP contribution in [0.2, 0.25) is 0 Å². The zero-order chi connectivity index (χ0) is 16.9. The molecule has 1 heterocycles. The fraction of sp³-hybridized carbons (Fsp3) is 1.00. The second-order valence-corrected chi connectivity index (χ2v) is 7.86. The van der Waals surface area contributed by atoms with Crippen molar-refractivity contribution in [1.29, 1.82) is 0 Å². The van der Waals surface area contributed by atoms with Crippen molar-refractivity contribution in [3.8, 4) is 0 Å². The van der Waals surface area contributed by atoms with Gasteiger partial charge in [-0.3, -0.25) is 9.13 Å². The summed E-state index contributed by atoms with van der Waals surface area (Å²) in [5.41, 5.74) is 0. The van der Waals surface area contributed by atoms with Crippen molar-refractivity contribution in [1.82, 2.24) is 0 Å². The second-order valence-electron chi connectivity index (χ2n) is 4.07. The maximum Gasteiger partial charge on any atom is 0.443 e. The first-order valence-corrected chi connectivity index (χ1v) is 8.23. The van der Waals surface area contributed by atoms with Gasteiger partial charge in [-0.25, -0.2) is 4.52 Å². The Morgan fingerprint density at radius 1 is 1.24 bits per heavy atom. The lowest BCUT2D eigenvalue weighted by Gasteiger charge is -2.30. The van der Waals surface area contributed by atoms with Crippen LogP contribution in [0.5, 0.6) is 0 Å². The number of aliphatic hydroxyl groups is 4. The summed E-state index contributed by atoms with van der Waals surface area (Å²) in [4.78, 5) is 25.6. The second kappa shape index (κ2) is 5.55. The van der Waals surface area contributed by atoms with Crippen LogP contribution in [-0.4, -0.2) is 71.4 Å². The van der Waals surface area contributed by atoms with Gasteiger partial charge in [-0.1, -0.05) is 0 Å². The summed E-state index contributed by atoms with van der Waals surface area (Å²) in [6.45, 7) is -1.03. The molecule has 0 amide bonds. The summed E-state index contributed by atoms with van der Waals surface area (Å²) in [7, 11) is -13.0. The molecule has 15 heteroatoms. The molecule has 11 nitrogen and oxygen atoms in total. The summed E-state index contributed by atoms with van der Waals surface area (Å²) in [6, 6.07) is 0. The van der Waals surface area contributed by atoms with Gasteiger partial charge < -0.3 is 39.8 Å². The molecule has 0 aliphatic carbocycles. The Morgan fingerprint density at radius 3 is 2.05 bits per heavy atom. The third-order valence-electron chi connectivity index (χ3n) is 2.52. The average Bonchev–Trinajstić information content (AvgIpc) is 2.51. The van der Waals surface area contributed by atoms with Crippen LogP contribution >= 0.6 is 15.2 Å². The normalized spacial score (nSPS) is 37.5. The highest BCUT2D eigenvalue weighted by molar-refractivity contribution is 7.72. The van der Waals surface area contributed by atoms with Gasteiger partial charge in [0.05, 0.1) is 6.61 Å². The van der Waals surface area contributed by atoms with Crippen molar-refractivity contribution >= 4 is 15.2 Å². The van der Waals surface area contributed by atoms with Gasteiger partial charge in [0.25, 0.3) is 0 Å². The molecule has 126 valence electrons. The summed E-state index contributed by atoms with van der Waals surface area (Å²) in [6.07, 6.45) is -6.40. The Kier molecular flexibility index (Phi) is 5.02. The molecule has 1 aliphatic heterocycles. The lowest BCUT2D eigenvalue weighted by Crippen LogP contribution is -2.45. The van der Waals surface area contributed by atoms with Crippen molar-refractivity contribution < 1.29 is 62.3 Å².